The molecule has 0 radical (unpaired) electrons. The number of benzene rings is 3. The minimum Gasteiger partial charge on any atom is -0.497 e. The third-order valence-corrected chi connectivity index (χ3v) is 5.72. The van der Waals surface area contributed by atoms with Crippen molar-refractivity contribution in [3.63, 3.8) is 0 Å². The minimum absolute atomic E-state index is 0.0427. The molecule has 0 spiro atoms. The fourth-order valence-corrected chi connectivity index (χ4v) is 4.02. The number of ether oxygens (including phenoxy) is 3. The molecule has 35 heavy (non-hydrogen) atoms. The lowest BCUT2D eigenvalue weighted by atomic mass is 10.0. The predicted molar refractivity (Wildman–Crippen MR) is 140 cm³/mol. The highest BCUT2D eigenvalue weighted by Crippen LogP contribution is 2.37. The Morgan fingerprint density at radius 2 is 1.77 bits per heavy atom. The number of methoxy groups -OCH3 is 2. The zero-order chi connectivity index (χ0) is 24.9. The van der Waals surface area contributed by atoms with Crippen LogP contribution in [0.2, 0.25) is 0 Å². The van der Waals surface area contributed by atoms with Gasteiger partial charge in [-0.05, 0) is 74.4 Å². The Balaban J connectivity index is 1.69. The summed E-state index contributed by atoms with van der Waals surface area (Å²) in [5, 5.41) is 8.23. The summed E-state index contributed by atoms with van der Waals surface area (Å²) in [4.78, 5) is 16.6. The second-order valence-corrected chi connectivity index (χ2v) is 8.72. The number of alkyl carbamates (subject to hydrolysis) is 1. The summed E-state index contributed by atoms with van der Waals surface area (Å²) in [5.74, 6) is 1.56. The monoisotopic (exact) mass is 473 g/mol. The molecule has 182 valence electrons. The van der Waals surface area contributed by atoms with E-state index in [1.54, 1.807) is 14.2 Å². The first kappa shape index (κ1) is 24.1. The van der Waals surface area contributed by atoms with Crippen molar-refractivity contribution >= 4 is 39.3 Å². The topological polar surface area (TPSA) is 81.7 Å². The number of hydrogen-bond donors (Lipinski definition) is 2. The number of aryl methyl sites for hydroxylation is 1. The van der Waals surface area contributed by atoms with Crippen LogP contribution >= 0.6 is 0 Å². The molecule has 0 aliphatic heterocycles. The number of carbonyl (C=O) groups excluding carboxylic acids is 1. The van der Waals surface area contributed by atoms with Crippen LogP contribution in [0.15, 0.2) is 54.6 Å². The maximum atomic E-state index is 11.8. The summed E-state index contributed by atoms with van der Waals surface area (Å²) in [6.45, 7) is 6.11. The molecule has 0 saturated carbocycles. The number of nitrogens with zero attached hydrogens (tertiary/aromatic N) is 1. The van der Waals surface area contributed by atoms with Gasteiger partial charge in [-0.15, -0.1) is 0 Å². The molecule has 7 nitrogen and oxygen atoms in total. The number of pyridine rings is 1. The van der Waals surface area contributed by atoms with Gasteiger partial charge in [0, 0.05) is 28.9 Å². The Labute approximate surface area is 205 Å². The molecule has 2 N–H and O–H groups in total. The zero-order valence-electron chi connectivity index (χ0n) is 20.8. The Morgan fingerprint density at radius 3 is 2.51 bits per heavy atom. The van der Waals surface area contributed by atoms with Crippen LogP contribution in [0.4, 0.5) is 16.2 Å². The van der Waals surface area contributed by atoms with Crippen LogP contribution in [0.25, 0.3) is 21.8 Å². The highest BCUT2D eigenvalue weighted by molar-refractivity contribution is 6.09. The number of carbonyl (C=O) groups is 1. The van der Waals surface area contributed by atoms with E-state index in [1.165, 1.54) is 0 Å². The molecule has 0 saturated heterocycles. The smallest absolute Gasteiger partial charge is 0.407 e. The lowest BCUT2D eigenvalue weighted by Crippen LogP contribution is -2.31. The van der Waals surface area contributed by atoms with Crippen molar-refractivity contribution in [2.75, 3.05) is 26.1 Å². The molecule has 1 aromatic heterocycles. The summed E-state index contributed by atoms with van der Waals surface area (Å²) in [5.41, 5.74) is 5.67. The number of fused-ring (bicyclic) bond motifs is 2. The highest BCUT2D eigenvalue weighted by Gasteiger charge is 2.14. The Hall–Kier alpha value is -4.00. The summed E-state index contributed by atoms with van der Waals surface area (Å²) >= 11 is 0. The molecule has 0 atom stereocenters. The van der Waals surface area contributed by atoms with Crippen molar-refractivity contribution in [1.29, 1.82) is 0 Å². The number of nitrogens with one attached hydrogen (secondary N) is 2. The van der Waals surface area contributed by atoms with Crippen molar-refractivity contribution in [2.45, 2.75) is 33.2 Å². The van der Waals surface area contributed by atoms with E-state index in [1.807, 2.05) is 69.3 Å². The van der Waals surface area contributed by atoms with E-state index >= 15 is 0 Å². The molecule has 0 aliphatic carbocycles. The lowest BCUT2D eigenvalue weighted by molar-refractivity contribution is 0.145. The van der Waals surface area contributed by atoms with Gasteiger partial charge in [0.1, 0.15) is 11.5 Å². The third-order valence-electron chi connectivity index (χ3n) is 5.72. The maximum Gasteiger partial charge on any atom is 0.407 e. The Morgan fingerprint density at radius 1 is 0.971 bits per heavy atom. The predicted octanol–water partition coefficient (Wildman–Crippen LogP) is 6.13. The van der Waals surface area contributed by atoms with Crippen LogP contribution in [0.3, 0.4) is 0 Å². The molecule has 0 fully saturated rings. The number of hydrogen-bond acceptors (Lipinski definition) is 6. The largest absolute Gasteiger partial charge is 0.497 e. The van der Waals surface area contributed by atoms with Crippen molar-refractivity contribution in [1.82, 2.24) is 10.3 Å². The zero-order valence-corrected chi connectivity index (χ0v) is 20.8. The van der Waals surface area contributed by atoms with Crippen LogP contribution in [0.1, 0.15) is 25.0 Å². The van der Waals surface area contributed by atoms with E-state index in [2.05, 4.69) is 16.7 Å². The summed E-state index contributed by atoms with van der Waals surface area (Å²) in [7, 11) is 3.33. The van der Waals surface area contributed by atoms with Gasteiger partial charge in [0.15, 0.2) is 0 Å². The molecule has 4 aromatic rings. The first-order valence-corrected chi connectivity index (χ1v) is 11.6. The van der Waals surface area contributed by atoms with Crippen molar-refractivity contribution < 1.29 is 19.0 Å². The van der Waals surface area contributed by atoms with E-state index in [-0.39, 0.29) is 6.04 Å². The standard InChI is InChI=1S/C28H31N3O4/c1-17(2)29-28(32)35-12-11-19-7-6-8-20(14-19)30-27-22-15-21(33-4)9-10-24(22)31-25-13-18(3)26(34-5)16-23(25)27/h6-10,13-17H,11-12H2,1-5H3,(H,29,32)(H,30,31). The normalized spacial score (nSPS) is 11.0. The first-order valence-electron chi connectivity index (χ1n) is 11.6. The van der Waals surface area contributed by atoms with Gasteiger partial charge in [0.2, 0.25) is 0 Å². The van der Waals surface area contributed by atoms with Gasteiger partial charge in [-0.25, -0.2) is 9.78 Å². The fraction of sp³-hybridized carbons (Fsp3) is 0.286. The number of amides is 1. The van der Waals surface area contributed by atoms with E-state index in [0.717, 1.165) is 55.8 Å². The van der Waals surface area contributed by atoms with Gasteiger partial charge in [-0.2, -0.15) is 0 Å². The maximum absolute atomic E-state index is 11.8. The van der Waals surface area contributed by atoms with Crippen LogP contribution in [0.5, 0.6) is 11.5 Å². The molecule has 4 rings (SSSR count). The third kappa shape index (κ3) is 5.57. The molecule has 7 heteroatoms. The number of aromatic nitrogens is 1. The van der Waals surface area contributed by atoms with Gasteiger partial charge >= 0.3 is 6.09 Å². The molecular formula is C28H31N3O4. The lowest BCUT2D eigenvalue weighted by Gasteiger charge is -2.16. The van der Waals surface area contributed by atoms with Crippen LogP contribution in [-0.4, -0.2) is 37.9 Å². The van der Waals surface area contributed by atoms with Gasteiger partial charge in [-0.1, -0.05) is 12.1 Å². The molecular weight excluding hydrogens is 442 g/mol. The van der Waals surface area contributed by atoms with Crippen LogP contribution < -0.4 is 20.1 Å². The summed E-state index contributed by atoms with van der Waals surface area (Å²) in [6, 6.07) is 18.1. The molecule has 1 heterocycles. The van der Waals surface area contributed by atoms with Crippen molar-refractivity contribution in [2.24, 2.45) is 0 Å². The fourth-order valence-electron chi connectivity index (χ4n) is 4.02. The second-order valence-electron chi connectivity index (χ2n) is 8.72. The Kier molecular flexibility index (Phi) is 7.25. The van der Waals surface area contributed by atoms with E-state index in [4.69, 9.17) is 19.2 Å². The van der Waals surface area contributed by atoms with E-state index in [0.29, 0.717) is 13.0 Å². The number of anilines is 2. The minimum atomic E-state index is -0.401. The van der Waals surface area contributed by atoms with Gasteiger partial charge in [0.05, 0.1) is 37.5 Å². The van der Waals surface area contributed by atoms with Crippen LogP contribution in [-0.2, 0) is 11.2 Å². The van der Waals surface area contributed by atoms with Crippen molar-refractivity contribution in [3.05, 3.63) is 65.7 Å². The quantitative estimate of drug-likeness (QED) is 0.299. The Bertz CT molecular complexity index is 1370. The molecule has 3 aromatic carbocycles. The van der Waals surface area contributed by atoms with Crippen LogP contribution in [0, 0.1) is 6.92 Å². The number of rotatable bonds is 8. The van der Waals surface area contributed by atoms with Gasteiger partial charge < -0.3 is 24.8 Å². The summed E-state index contributed by atoms with van der Waals surface area (Å²) in [6.07, 6.45) is 0.210. The molecule has 0 bridgehead atoms. The van der Waals surface area contributed by atoms with Gasteiger partial charge in [0.25, 0.3) is 0 Å². The molecule has 0 unspecified atom stereocenters. The average molecular weight is 474 g/mol. The highest BCUT2D eigenvalue weighted by atomic mass is 16.5. The van der Waals surface area contributed by atoms with E-state index < -0.39 is 6.09 Å². The van der Waals surface area contributed by atoms with Gasteiger partial charge in [-0.3, -0.25) is 0 Å². The van der Waals surface area contributed by atoms with E-state index in [9.17, 15) is 4.79 Å². The van der Waals surface area contributed by atoms with Crippen molar-refractivity contribution in [3.8, 4) is 11.5 Å². The second kappa shape index (κ2) is 10.5. The first-order chi connectivity index (χ1) is 16.9. The molecule has 0 aliphatic rings. The molecule has 1 amide bonds. The average Bonchev–Trinajstić information content (AvgIpc) is 2.83. The summed E-state index contributed by atoms with van der Waals surface area (Å²) < 4.78 is 16.4. The SMILES string of the molecule is COc1ccc2nc3cc(C)c(OC)cc3c(Nc3cccc(CCOC(=O)NC(C)C)c3)c2c1.